The van der Waals surface area contributed by atoms with Gasteiger partial charge in [0.05, 0.1) is 12.5 Å². The second-order valence-electron chi connectivity index (χ2n) is 4.82. The molecule has 0 bridgehead atoms. The molecule has 0 aliphatic heterocycles. The van der Waals surface area contributed by atoms with Crippen molar-refractivity contribution in [1.82, 2.24) is 4.90 Å². The molecule has 4 heteroatoms. The van der Waals surface area contributed by atoms with E-state index in [1.165, 1.54) is 6.42 Å². The van der Waals surface area contributed by atoms with E-state index in [1.807, 2.05) is 11.8 Å². The highest BCUT2D eigenvalue weighted by atomic mass is 16.5. The van der Waals surface area contributed by atoms with Crippen LogP contribution in [0, 0.1) is 5.92 Å². The van der Waals surface area contributed by atoms with Gasteiger partial charge in [0.25, 0.3) is 0 Å². The molecule has 0 heterocycles. The summed E-state index contributed by atoms with van der Waals surface area (Å²) in [4.78, 5) is 14.3. The lowest BCUT2D eigenvalue weighted by atomic mass is 9.94. The smallest absolute Gasteiger partial charge is 0.227 e. The van der Waals surface area contributed by atoms with Crippen molar-refractivity contribution < 1.29 is 9.53 Å². The highest BCUT2D eigenvalue weighted by Gasteiger charge is 2.29. The molecule has 1 rings (SSSR count). The van der Waals surface area contributed by atoms with E-state index in [9.17, 15) is 4.79 Å². The van der Waals surface area contributed by atoms with Crippen LogP contribution in [0.25, 0.3) is 0 Å². The van der Waals surface area contributed by atoms with Crippen LogP contribution >= 0.6 is 0 Å². The van der Waals surface area contributed by atoms with Crippen LogP contribution in [0.2, 0.25) is 0 Å². The molecule has 2 unspecified atom stereocenters. The number of methoxy groups -OCH3 is 1. The van der Waals surface area contributed by atoms with Crippen LogP contribution in [0.1, 0.15) is 39.0 Å². The van der Waals surface area contributed by atoms with Crippen molar-refractivity contribution in [2.75, 3.05) is 26.8 Å². The lowest BCUT2D eigenvalue weighted by molar-refractivity contribution is -0.136. The van der Waals surface area contributed by atoms with Gasteiger partial charge in [0, 0.05) is 26.2 Å². The molecule has 0 aromatic heterocycles. The van der Waals surface area contributed by atoms with E-state index >= 15 is 0 Å². The van der Waals surface area contributed by atoms with E-state index in [1.54, 1.807) is 7.11 Å². The first kappa shape index (κ1) is 14.5. The van der Waals surface area contributed by atoms with Crippen molar-refractivity contribution in [2.24, 2.45) is 11.7 Å². The Hall–Kier alpha value is -0.610. The van der Waals surface area contributed by atoms with Crippen LogP contribution in [0.5, 0.6) is 0 Å². The minimum atomic E-state index is 0.0225. The van der Waals surface area contributed by atoms with Crippen LogP contribution in [0.3, 0.4) is 0 Å². The summed E-state index contributed by atoms with van der Waals surface area (Å²) in [5, 5.41) is 0. The molecule has 0 spiro atoms. The first-order chi connectivity index (χ1) is 8.20. The number of nitrogens with two attached hydrogens (primary N) is 1. The largest absolute Gasteiger partial charge is 0.383 e. The van der Waals surface area contributed by atoms with Crippen molar-refractivity contribution in [2.45, 2.75) is 45.1 Å². The number of nitrogens with zero attached hydrogens (tertiary/aromatic N) is 1. The van der Waals surface area contributed by atoms with Gasteiger partial charge in [0.2, 0.25) is 5.91 Å². The Labute approximate surface area is 104 Å². The number of ether oxygens (including phenoxy) is 1. The summed E-state index contributed by atoms with van der Waals surface area (Å²) in [5.41, 5.74) is 6.12. The molecule has 17 heavy (non-hydrogen) atoms. The third-order valence-corrected chi connectivity index (χ3v) is 3.65. The van der Waals surface area contributed by atoms with Gasteiger partial charge in [-0.1, -0.05) is 19.3 Å². The highest BCUT2D eigenvalue weighted by Crippen LogP contribution is 2.23. The van der Waals surface area contributed by atoms with Crippen LogP contribution in [0.15, 0.2) is 0 Å². The Kier molecular flexibility index (Phi) is 6.52. The zero-order valence-electron chi connectivity index (χ0n) is 11.2. The highest BCUT2D eigenvalue weighted by molar-refractivity contribution is 5.79. The summed E-state index contributed by atoms with van der Waals surface area (Å²) >= 11 is 0. The van der Waals surface area contributed by atoms with Gasteiger partial charge in [0.1, 0.15) is 0 Å². The Morgan fingerprint density at radius 1 is 1.35 bits per heavy atom. The Morgan fingerprint density at radius 3 is 2.71 bits per heavy atom. The van der Waals surface area contributed by atoms with Gasteiger partial charge in [-0.25, -0.2) is 0 Å². The summed E-state index contributed by atoms with van der Waals surface area (Å²) in [6, 6.07) is 0.0431. The van der Waals surface area contributed by atoms with Crippen molar-refractivity contribution in [3.8, 4) is 0 Å². The van der Waals surface area contributed by atoms with Gasteiger partial charge in [-0.3, -0.25) is 4.79 Å². The van der Waals surface area contributed by atoms with Crippen LogP contribution < -0.4 is 5.73 Å². The van der Waals surface area contributed by atoms with Gasteiger partial charge in [0.15, 0.2) is 0 Å². The second kappa shape index (κ2) is 7.67. The Morgan fingerprint density at radius 2 is 2.06 bits per heavy atom. The van der Waals surface area contributed by atoms with Gasteiger partial charge >= 0.3 is 0 Å². The van der Waals surface area contributed by atoms with Gasteiger partial charge in [-0.05, 0) is 19.8 Å². The van der Waals surface area contributed by atoms with E-state index < -0.39 is 0 Å². The summed E-state index contributed by atoms with van der Waals surface area (Å²) in [6.45, 7) is 4.03. The Bertz CT molecular complexity index is 233. The average Bonchev–Trinajstić information content (AvgIpc) is 2.54. The fraction of sp³-hybridized carbons (Fsp3) is 0.923. The lowest BCUT2D eigenvalue weighted by Crippen LogP contribution is -2.44. The SMILES string of the molecule is CCN(CCOC)C(=O)C1CCCCCC1N. The predicted molar refractivity (Wildman–Crippen MR) is 68.7 cm³/mol. The van der Waals surface area contributed by atoms with Crippen molar-refractivity contribution in [3.63, 3.8) is 0 Å². The van der Waals surface area contributed by atoms with Crippen LogP contribution in [0.4, 0.5) is 0 Å². The number of carbonyl (C=O) groups excluding carboxylic acids is 1. The maximum Gasteiger partial charge on any atom is 0.227 e. The molecule has 0 aromatic rings. The van der Waals surface area contributed by atoms with Crippen molar-refractivity contribution in [3.05, 3.63) is 0 Å². The molecule has 0 aromatic carbocycles. The topological polar surface area (TPSA) is 55.6 Å². The average molecular weight is 242 g/mol. The van der Waals surface area contributed by atoms with Gasteiger partial charge in [-0.2, -0.15) is 0 Å². The van der Waals surface area contributed by atoms with E-state index in [0.29, 0.717) is 13.2 Å². The van der Waals surface area contributed by atoms with Gasteiger partial charge < -0.3 is 15.4 Å². The molecule has 2 atom stereocenters. The normalized spacial score (nSPS) is 25.4. The summed E-state index contributed by atoms with van der Waals surface area (Å²) in [7, 11) is 1.66. The zero-order valence-corrected chi connectivity index (χ0v) is 11.2. The number of carbonyl (C=O) groups is 1. The third-order valence-electron chi connectivity index (χ3n) is 3.65. The fourth-order valence-electron chi connectivity index (χ4n) is 2.50. The summed E-state index contributed by atoms with van der Waals surface area (Å²) in [5.74, 6) is 0.244. The second-order valence-corrected chi connectivity index (χ2v) is 4.82. The standard InChI is InChI=1S/C13H26N2O2/c1-3-15(9-10-17-2)13(16)11-7-5-4-6-8-12(11)14/h11-12H,3-10,14H2,1-2H3. The molecule has 0 saturated heterocycles. The first-order valence-corrected chi connectivity index (χ1v) is 6.74. The maximum absolute atomic E-state index is 12.4. The summed E-state index contributed by atoms with van der Waals surface area (Å²) in [6.07, 6.45) is 5.43. The predicted octanol–water partition coefficient (Wildman–Crippen LogP) is 1.39. The van der Waals surface area contributed by atoms with Crippen LogP contribution in [-0.4, -0.2) is 43.7 Å². The number of amides is 1. The molecule has 0 radical (unpaired) electrons. The number of hydrogen-bond acceptors (Lipinski definition) is 3. The van der Waals surface area contributed by atoms with Crippen molar-refractivity contribution in [1.29, 1.82) is 0 Å². The van der Waals surface area contributed by atoms with E-state index in [-0.39, 0.29) is 17.9 Å². The number of hydrogen-bond donors (Lipinski definition) is 1. The molecule has 1 fully saturated rings. The lowest BCUT2D eigenvalue weighted by Gasteiger charge is -2.28. The van der Waals surface area contributed by atoms with E-state index in [0.717, 1.165) is 32.2 Å². The molecule has 1 amide bonds. The Balaban J connectivity index is 2.57. The van der Waals surface area contributed by atoms with E-state index in [2.05, 4.69) is 0 Å². The quantitative estimate of drug-likeness (QED) is 0.741. The molecular formula is C13H26N2O2. The first-order valence-electron chi connectivity index (χ1n) is 6.74. The van der Waals surface area contributed by atoms with E-state index in [4.69, 9.17) is 10.5 Å². The molecule has 2 N–H and O–H groups in total. The zero-order chi connectivity index (χ0) is 12.7. The molecule has 1 aliphatic rings. The maximum atomic E-state index is 12.4. The number of likely N-dealkylation sites (N-methyl/N-ethyl adjacent to an activating group) is 1. The minimum absolute atomic E-state index is 0.0225. The minimum Gasteiger partial charge on any atom is -0.383 e. The molecule has 1 saturated carbocycles. The fourth-order valence-corrected chi connectivity index (χ4v) is 2.50. The third kappa shape index (κ3) is 4.28. The summed E-state index contributed by atoms with van der Waals surface area (Å²) < 4.78 is 5.04. The number of rotatable bonds is 5. The molecule has 100 valence electrons. The van der Waals surface area contributed by atoms with Crippen LogP contribution in [-0.2, 0) is 9.53 Å². The monoisotopic (exact) mass is 242 g/mol. The van der Waals surface area contributed by atoms with Gasteiger partial charge in [-0.15, -0.1) is 0 Å². The molecular weight excluding hydrogens is 216 g/mol. The van der Waals surface area contributed by atoms with Crippen molar-refractivity contribution >= 4 is 5.91 Å². The molecule has 1 aliphatic carbocycles. The molecule has 4 nitrogen and oxygen atoms in total.